The van der Waals surface area contributed by atoms with Crippen LogP contribution in [0.3, 0.4) is 0 Å². The van der Waals surface area contributed by atoms with Gasteiger partial charge in [-0.05, 0) is 47.7 Å². The number of methoxy groups -OCH3 is 2. The highest BCUT2D eigenvalue weighted by atomic mass is 32.2. The highest BCUT2D eigenvalue weighted by molar-refractivity contribution is 8.01. The van der Waals surface area contributed by atoms with Crippen LogP contribution in [0.2, 0.25) is 0 Å². The van der Waals surface area contributed by atoms with Gasteiger partial charge in [0.25, 0.3) is 0 Å². The molecule has 152 valence electrons. The van der Waals surface area contributed by atoms with E-state index >= 15 is 0 Å². The second kappa shape index (κ2) is 8.48. The average Bonchev–Trinajstić information content (AvgIpc) is 3.19. The molecule has 0 atom stereocenters. The molecule has 0 spiro atoms. The first-order valence-electron chi connectivity index (χ1n) is 8.41. The normalized spacial score (nSPS) is 11.3. The van der Waals surface area contributed by atoms with Gasteiger partial charge in [0.05, 0.1) is 33.1 Å². The first-order chi connectivity index (χ1) is 13.8. The van der Waals surface area contributed by atoms with E-state index in [0.717, 1.165) is 11.1 Å². The van der Waals surface area contributed by atoms with Crippen molar-refractivity contribution in [3.63, 3.8) is 0 Å². The molecule has 3 rings (SSSR count). The van der Waals surface area contributed by atoms with Gasteiger partial charge in [-0.2, -0.15) is 0 Å². The number of nitrogens with two attached hydrogens (primary N) is 1. The maximum atomic E-state index is 13.3. The second-order valence-electron chi connectivity index (χ2n) is 5.98. The summed E-state index contributed by atoms with van der Waals surface area (Å²) in [5.41, 5.74) is 7.09. The van der Waals surface area contributed by atoms with Crippen molar-refractivity contribution in [2.45, 2.75) is 14.0 Å². The predicted molar refractivity (Wildman–Crippen MR) is 118 cm³/mol. The lowest BCUT2D eigenvalue weighted by Gasteiger charge is -2.11. The van der Waals surface area contributed by atoms with Crippen LogP contribution in [0, 0.1) is 5.41 Å². The number of thiophene rings is 1. The Balaban J connectivity index is 2.09. The summed E-state index contributed by atoms with van der Waals surface area (Å²) in [4.78, 5) is 0.779. The van der Waals surface area contributed by atoms with Crippen LogP contribution in [-0.4, -0.2) is 34.7 Å². The highest BCUT2D eigenvalue weighted by Crippen LogP contribution is 2.38. The SMILES string of the molecule is COc1ccc(-c2cccc(S(=O)(=O)c3cc(C(=N)N)sc3SC)c2)cc1OC. The minimum atomic E-state index is -3.77. The fourth-order valence-electron chi connectivity index (χ4n) is 2.81. The summed E-state index contributed by atoms with van der Waals surface area (Å²) in [5, 5.41) is 7.61. The van der Waals surface area contributed by atoms with Crippen molar-refractivity contribution in [1.29, 1.82) is 5.41 Å². The van der Waals surface area contributed by atoms with Crippen LogP contribution in [0.1, 0.15) is 4.88 Å². The molecule has 1 aromatic heterocycles. The number of sulfone groups is 1. The van der Waals surface area contributed by atoms with E-state index in [2.05, 4.69) is 0 Å². The Labute approximate surface area is 178 Å². The number of rotatable bonds is 7. The van der Waals surface area contributed by atoms with E-state index in [1.54, 1.807) is 50.8 Å². The van der Waals surface area contributed by atoms with Gasteiger partial charge < -0.3 is 15.2 Å². The van der Waals surface area contributed by atoms with E-state index in [9.17, 15) is 8.42 Å². The maximum Gasteiger partial charge on any atom is 0.208 e. The molecule has 29 heavy (non-hydrogen) atoms. The van der Waals surface area contributed by atoms with Crippen molar-refractivity contribution in [2.75, 3.05) is 20.5 Å². The first-order valence-corrected chi connectivity index (χ1v) is 11.9. The van der Waals surface area contributed by atoms with E-state index < -0.39 is 9.84 Å². The Morgan fingerprint density at radius 3 is 2.34 bits per heavy atom. The van der Waals surface area contributed by atoms with Crippen molar-refractivity contribution >= 4 is 38.8 Å². The molecule has 1 heterocycles. The van der Waals surface area contributed by atoms with Gasteiger partial charge in [0.1, 0.15) is 5.84 Å². The van der Waals surface area contributed by atoms with Gasteiger partial charge in [-0.3, -0.25) is 5.41 Å². The van der Waals surface area contributed by atoms with Gasteiger partial charge in [-0.15, -0.1) is 23.1 Å². The van der Waals surface area contributed by atoms with Crippen molar-refractivity contribution in [2.24, 2.45) is 5.73 Å². The molecular formula is C20H20N2O4S3. The lowest BCUT2D eigenvalue weighted by Crippen LogP contribution is -2.08. The molecule has 0 saturated carbocycles. The fourth-order valence-corrected chi connectivity index (χ4v) is 6.71. The molecular weight excluding hydrogens is 428 g/mol. The molecule has 0 aliphatic heterocycles. The lowest BCUT2D eigenvalue weighted by atomic mass is 10.1. The van der Waals surface area contributed by atoms with Gasteiger partial charge in [-0.25, -0.2) is 8.42 Å². The minimum Gasteiger partial charge on any atom is -0.493 e. The van der Waals surface area contributed by atoms with Crippen LogP contribution < -0.4 is 15.2 Å². The number of hydrogen-bond acceptors (Lipinski definition) is 7. The third-order valence-corrected chi connectivity index (χ3v) is 8.61. The van der Waals surface area contributed by atoms with E-state index in [4.69, 9.17) is 20.6 Å². The zero-order valence-electron chi connectivity index (χ0n) is 16.1. The van der Waals surface area contributed by atoms with Gasteiger partial charge in [0.15, 0.2) is 11.5 Å². The third-order valence-electron chi connectivity index (χ3n) is 4.27. The largest absolute Gasteiger partial charge is 0.493 e. The molecule has 0 aliphatic rings. The fraction of sp³-hybridized carbons (Fsp3) is 0.150. The summed E-state index contributed by atoms with van der Waals surface area (Å²) in [5.74, 6) is 1.01. The second-order valence-corrected chi connectivity index (χ2v) is 10.0. The molecule has 0 saturated heterocycles. The summed E-state index contributed by atoms with van der Waals surface area (Å²) < 4.78 is 37.8. The van der Waals surface area contributed by atoms with Gasteiger partial charge in [0, 0.05) is 0 Å². The number of thioether (sulfide) groups is 1. The van der Waals surface area contributed by atoms with Crippen molar-refractivity contribution in [3.8, 4) is 22.6 Å². The molecule has 0 unspecified atom stereocenters. The van der Waals surface area contributed by atoms with Gasteiger partial charge in [-0.1, -0.05) is 18.2 Å². The number of benzene rings is 2. The number of nitrogens with one attached hydrogen (secondary N) is 1. The van der Waals surface area contributed by atoms with Crippen LogP contribution in [0.5, 0.6) is 11.5 Å². The summed E-state index contributed by atoms with van der Waals surface area (Å²) in [7, 11) is -0.661. The van der Waals surface area contributed by atoms with Crippen LogP contribution in [0.15, 0.2) is 62.5 Å². The quantitative estimate of drug-likeness (QED) is 0.318. The molecule has 0 fully saturated rings. The first kappa shape index (κ1) is 21.2. The standard InChI is InChI=1S/C20H20N2O4S3/c1-25-15-8-7-13(10-16(15)26-2)12-5-4-6-14(9-12)29(23,24)18-11-17(19(21)22)28-20(18)27-3/h4-11H,1-3H3,(H3,21,22). The average molecular weight is 449 g/mol. The molecule has 0 amide bonds. The molecule has 6 nitrogen and oxygen atoms in total. The van der Waals surface area contributed by atoms with Crippen LogP contribution >= 0.6 is 23.1 Å². The monoisotopic (exact) mass is 448 g/mol. The zero-order valence-corrected chi connectivity index (χ0v) is 18.5. The van der Waals surface area contributed by atoms with E-state index in [-0.39, 0.29) is 15.6 Å². The molecule has 0 radical (unpaired) electrons. The van der Waals surface area contributed by atoms with Crippen molar-refractivity contribution in [3.05, 3.63) is 53.4 Å². The number of amidine groups is 1. The van der Waals surface area contributed by atoms with Crippen LogP contribution in [-0.2, 0) is 9.84 Å². The minimum absolute atomic E-state index is 0.147. The molecule has 3 N–H and O–H groups in total. The smallest absolute Gasteiger partial charge is 0.208 e. The lowest BCUT2D eigenvalue weighted by molar-refractivity contribution is 0.355. The molecule has 9 heteroatoms. The van der Waals surface area contributed by atoms with E-state index in [1.807, 2.05) is 12.1 Å². The molecule has 0 bridgehead atoms. The van der Waals surface area contributed by atoms with Crippen molar-refractivity contribution in [1.82, 2.24) is 0 Å². The Morgan fingerprint density at radius 2 is 1.72 bits per heavy atom. The summed E-state index contributed by atoms with van der Waals surface area (Å²) in [6.45, 7) is 0. The Bertz CT molecular complexity index is 1170. The van der Waals surface area contributed by atoms with Crippen LogP contribution in [0.25, 0.3) is 11.1 Å². The summed E-state index contributed by atoms with van der Waals surface area (Å²) >= 11 is 2.52. The number of ether oxygens (including phenoxy) is 2. The Hall–Kier alpha value is -2.49. The Morgan fingerprint density at radius 1 is 1.03 bits per heavy atom. The van der Waals surface area contributed by atoms with E-state index in [1.165, 1.54) is 29.2 Å². The van der Waals surface area contributed by atoms with Gasteiger partial charge >= 0.3 is 0 Å². The van der Waals surface area contributed by atoms with Crippen LogP contribution in [0.4, 0.5) is 0 Å². The number of nitrogen functional groups attached to an aromatic ring is 1. The summed E-state index contributed by atoms with van der Waals surface area (Å²) in [6, 6.07) is 13.6. The van der Waals surface area contributed by atoms with Gasteiger partial charge in [0.2, 0.25) is 9.84 Å². The van der Waals surface area contributed by atoms with Crippen molar-refractivity contribution < 1.29 is 17.9 Å². The number of hydrogen-bond donors (Lipinski definition) is 2. The molecule has 3 aromatic rings. The topological polar surface area (TPSA) is 102 Å². The Kier molecular flexibility index (Phi) is 6.21. The maximum absolute atomic E-state index is 13.3. The predicted octanol–water partition coefficient (Wildman–Crippen LogP) is 4.27. The van der Waals surface area contributed by atoms with E-state index in [0.29, 0.717) is 20.6 Å². The summed E-state index contributed by atoms with van der Waals surface area (Å²) in [6.07, 6.45) is 1.80. The molecule has 0 aliphatic carbocycles. The zero-order chi connectivity index (χ0) is 21.2. The third kappa shape index (κ3) is 4.12. The molecule has 2 aromatic carbocycles. The highest BCUT2D eigenvalue weighted by Gasteiger charge is 2.25.